The van der Waals surface area contributed by atoms with E-state index in [1.54, 1.807) is 14.2 Å². The monoisotopic (exact) mass is 265 g/mol. The number of nitrogens with zero attached hydrogens (tertiary/aromatic N) is 1. The van der Waals surface area contributed by atoms with Gasteiger partial charge in [0.1, 0.15) is 0 Å². The van der Waals surface area contributed by atoms with Crippen LogP contribution in [0.1, 0.15) is 12.8 Å². The summed E-state index contributed by atoms with van der Waals surface area (Å²) in [5.74, 6) is 1.62. The van der Waals surface area contributed by atoms with Crippen LogP contribution in [0.4, 0.5) is 0 Å². The molecule has 1 heterocycles. The third-order valence-corrected chi connectivity index (χ3v) is 3.51. The van der Waals surface area contributed by atoms with Crippen LogP contribution >= 0.6 is 0 Å². The van der Waals surface area contributed by atoms with Crippen molar-refractivity contribution in [3.05, 3.63) is 24.3 Å². The number of hydrogen-bond acceptors (Lipinski definition) is 4. The van der Waals surface area contributed by atoms with Crippen molar-refractivity contribution in [3.8, 4) is 11.5 Å². The first kappa shape index (κ1) is 14.2. The van der Waals surface area contributed by atoms with Crippen molar-refractivity contribution in [2.45, 2.75) is 18.9 Å². The lowest BCUT2D eigenvalue weighted by molar-refractivity contribution is 0.107. The fourth-order valence-corrected chi connectivity index (χ4v) is 2.40. The Labute approximate surface area is 115 Å². The largest absolute Gasteiger partial charge is 0.493 e. The predicted octanol–water partition coefficient (Wildman–Crippen LogP) is 2.18. The maximum absolute atomic E-state index is 5.76. The Hall–Kier alpha value is -1.26. The molecule has 0 radical (unpaired) electrons. The Morgan fingerprint density at radius 2 is 2.00 bits per heavy atom. The van der Waals surface area contributed by atoms with E-state index < -0.39 is 0 Å². The van der Waals surface area contributed by atoms with E-state index >= 15 is 0 Å². The first-order chi connectivity index (χ1) is 9.33. The van der Waals surface area contributed by atoms with E-state index in [9.17, 15) is 0 Å². The highest BCUT2D eigenvalue weighted by Gasteiger charge is 2.21. The van der Waals surface area contributed by atoms with Crippen LogP contribution in [-0.2, 0) is 4.74 Å². The van der Waals surface area contributed by atoms with Crippen LogP contribution in [0.25, 0.3) is 0 Å². The lowest BCUT2D eigenvalue weighted by Gasteiger charge is -2.16. The summed E-state index contributed by atoms with van der Waals surface area (Å²) in [5, 5.41) is 0. The van der Waals surface area contributed by atoms with E-state index in [1.165, 1.54) is 0 Å². The second kappa shape index (κ2) is 7.36. The number of benzene rings is 1. The van der Waals surface area contributed by atoms with Gasteiger partial charge in [0.05, 0.1) is 19.8 Å². The topological polar surface area (TPSA) is 30.9 Å². The molecule has 106 valence electrons. The van der Waals surface area contributed by atoms with Crippen LogP contribution in [0.15, 0.2) is 24.3 Å². The van der Waals surface area contributed by atoms with Crippen molar-refractivity contribution < 1.29 is 14.2 Å². The number of likely N-dealkylation sites (tertiary alicyclic amines) is 1. The molecule has 0 aromatic heterocycles. The average Bonchev–Trinajstić information content (AvgIpc) is 2.92. The van der Waals surface area contributed by atoms with Gasteiger partial charge in [0.2, 0.25) is 0 Å². The van der Waals surface area contributed by atoms with Gasteiger partial charge in [0.15, 0.2) is 11.5 Å². The summed E-state index contributed by atoms with van der Waals surface area (Å²) in [5.41, 5.74) is 0. The molecule has 2 rings (SSSR count). The minimum atomic E-state index is 0.412. The summed E-state index contributed by atoms with van der Waals surface area (Å²) in [7, 11) is 3.45. The van der Waals surface area contributed by atoms with E-state index in [2.05, 4.69) is 4.90 Å². The third-order valence-electron chi connectivity index (χ3n) is 3.51. The van der Waals surface area contributed by atoms with Crippen LogP contribution in [0.3, 0.4) is 0 Å². The van der Waals surface area contributed by atoms with Crippen LogP contribution < -0.4 is 9.47 Å². The molecule has 1 unspecified atom stereocenters. The van der Waals surface area contributed by atoms with Crippen LogP contribution in [0.5, 0.6) is 11.5 Å². The Kier molecular flexibility index (Phi) is 5.48. The fraction of sp³-hybridized carbons (Fsp3) is 0.600. The highest BCUT2D eigenvalue weighted by molar-refractivity contribution is 5.39. The number of hydrogen-bond donors (Lipinski definition) is 0. The zero-order chi connectivity index (χ0) is 13.5. The highest BCUT2D eigenvalue weighted by atomic mass is 16.5. The molecule has 1 atom stereocenters. The zero-order valence-electron chi connectivity index (χ0n) is 11.8. The molecule has 0 N–H and O–H groups in total. The maximum atomic E-state index is 5.76. The Morgan fingerprint density at radius 3 is 2.68 bits per heavy atom. The van der Waals surface area contributed by atoms with Crippen molar-refractivity contribution in [2.75, 3.05) is 40.5 Å². The molecular formula is C15H23NO3. The fourth-order valence-electron chi connectivity index (χ4n) is 2.40. The summed E-state index contributed by atoms with van der Waals surface area (Å²) in [6.45, 7) is 3.96. The number of methoxy groups -OCH3 is 2. The van der Waals surface area contributed by atoms with E-state index in [4.69, 9.17) is 14.2 Å². The highest BCUT2D eigenvalue weighted by Crippen LogP contribution is 2.25. The maximum Gasteiger partial charge on any atom is 0.161 e. The molecule has 0 amide bonds. The molecule has 0 saturated carbocycles. The average molecular weight is 265 g/mol. The van der Waals surface area contributed by atoms with Gasteiger partial charge in [-0.3, -0.25) is 0 Å². The van der Waals surface area contributed by atoms with Crippen LogP contribution in [-0.4, -0.2) is 51.5 Å². The van der Waals surface area contributed by atoms with Gasteiger partial charge in [-0.05, 0) is 25.0 Å². The van der Waals surface area contributed by atoms with Gasteiger partial charge in [-0.2, -0.15) is 0 Å². The summed E-state index contributed by atoms with van der Waals surface area (Å²) < 4.78 is 16.4. The van der Waals surface area contributed by atoms with Crippen LogP contribution in [0, 0.1) is 0 Å². The van der Waals surface area contributed by atoms with Gasteiger partial charge in [0, 0.05) is 26.7 Å². The summed E-state index contributed by atoms with van der Waals surface area (Å²) in [4.78, 5) is 2.43. The Bertz CT molecular complexity index is 383. The minimum Gasteiger partial charge on any atom is -0.493 e. The molecule has 4 nitrogen and oxygen atoms in total. The number of ether oxygens (including phenoxy) is 3. The molecule has 1 aromatic carbocycles. The first-order valence-electron chi connectivity index (χ1n) is 6.84. The summed E-state index contributed by atoms with van der Waals surface area (Å²) in [6.07, 6.45) is 2.58. The normalized spacial score (nSPS) is 19.6. The van der Waals surface area contributed by atoms with Gasteiger partial charge in [-0.1, -0.05) is 12.1 Å². The van der Waals surface area contributed by atoms with Gasteiger partial charge < -0.3 is 19.1 Å². The quantitative estimate of drug-likeness (QED) is 0.707. The predicted molar refractivity (Wildman–Crippen MR) is 75.0 cm³/mol. The summed E-state index contributed by atoms with van der Waals surface area (Å²) in [6, 6.07) is 7.76. The van der Waals surface area contributed by atoms with Gasteiger partial charge in [-0.15, -0.1) is 0 Å². The number of para-hydroxylation sites is 2. The molecule has 0 bridgehead atoms. The van der Waals surface area contributed by atoms with Gasteiger partial charge in [0.25, 0.3) is 0 Å². The molecule has 4 heteroatoms. The molecule has 1 aromatic rings. The SMILES string of the molecule is COc1ccccc1OCCCN1CCC(OC)C1. The second-order valence-electron chi connectivity index (χ2n) is 4.80. The molecule has 1 aliphatic rings. The van der Waals surface area contributed by atoms with Crippen molar-refractivity contribution in [3.63, 3.8) is 0 Å². The van der Waals surface area contributed by atoms with E-state index in [1.807, 2.05) is 24.3 Å². The van der Waals surface area contributed by atoms with Crippen molar-refractivity contribution in [1.82, 2.24) is 4.90 Å². The zero-order valence-corrected chi connectivity index (χ0v) is 11.8. The van der Waals surface area contributed by atoms with Crippen molar-refractivity contribution in [1.29, 1.82) is 0 Å². The molecule has 19 heavy (non-hydrogen) atoms. The molecule has 0 aliphatic carbocycles. The number of rotatable bonds is 7. The van der Waals surface area contributed by atoms with Gasteiger partial charge >= 0.3 is 0 Å². The Balaban J connectivity index is 1.67. The molecule has 1 fully saturated rings. The molecular weight excluding hydrogens is 242 g/mol. The van der Waals surface area contributed by atoms with E-state index in [0.29, 0.717) is 12.7 Å². The molecule has 0 spiro atoms. The summed E-state index contributed by atoms with van der Waals surface area (Å²) >= 11 is 0. The Morgan fingerprint density at radius 1 is 1.21 bits per heavy atom. The minimum absolute atomic E-state index is 0.412. The lowest BCUT2D eigenvalue weighted by atomic mass is 10.3. The second-order valence-corrected chi connectivity index (χ2v) is 4.80. The van der Waals surface area contributed by atoms with Crippen molar-refractivity contribution >= 4 is 0 Å². The first-order valence-corrected chi connectivity index (χ1v) is 6.84. The lowest BCUT2D eigenvalue weighted by Crippen LogP contribution is -2.25. The smallest absolute Gasteiger partial charge is 0.161 e. The van der Waals surface area contributed by atoms with E-state index in [0.717, 1.165) is 44.0 Å². The van der Waals surface area contributed by atoms with Gasteiger partial charge in [-0.25, -0.2) is 0 Å². The van der Waals surface area contributed by atoms with Crippen LogP contribution in [0.2, 0.25) is 0 Å². The molecule has 1 saturated heterocycles. The standard InChI is InChI=1S/C15H23NO3/c1-17-13-8-10-16(12-13)9-5-11-19-15-7-4-3-6-14(15)18-2/h3-4,6-7,13H,5,8-12H2,1-2H3. The molecule has 1 aliphatic heterocycles. The van der Waals surface area contributed by atoms with E-state index in [-0.39, 0.29) is 0 Å². The third kappa shape index (κ3) is 4.11. The van der Waals surface area contributed by atoms with Crippen molar-refractivity contribution in [2.24, 2.45) is 0 Å².